The summed E-state index contributed by atoms with van der Waals surface area (Å²) in [7, 11) is 0. The number of benzene rings is 2. The third-order valence-electron chi connectivity index (χ3n) is 4.58. The number of para-hydroxylation sites is 1. The van der Waals surface area contributed by atoms with E-state index in [2.05, 4.69) is 5.32 Å². The Hall–Kier alpha value is -3.22. The zero-order chi connectivity index (χ0) is 18.6. The van der Waals surface area contributed by atoms with Crippen molar-refractivity contribution < 1.29 is 23.8 Å². The number of carbonyl (C=O) groups excluding carboxylic acids is 2. The highest BCUT2D eigenvalue weighted by atomic mass is 16.7. The van der Waals surface area contributed by atoms with E-state index >= 15 is 0 Å². The topological polar surface area (TPSA) is 77.1 Å². The summed E-state index contributed by atoms with van der Waals surface area (Å²) in [6.07, 6.45) is 0.194. The lowest BCUT2D eigenvalue weighted by atomic mass is 10.1. The van der Waals surface area contributed by atoms with E-state index in [-0.39, 0.29) is 30.9 Å². The fourth-order valence-electron chi connectivity index (χ4n) is 3.19. The van der Waals surface area contributed by atoms with Gasteiger partial charge in [-0.2, -0.15) is 0 Å². The van der Waals surface area contributed by atoms with Crippen LogP contribution in [0.3, 0.4) is 0 Å². The van der Waals surface area contributed by atoms with E-state index < -0.39 is 0 Å². The van der Waals surface area contributed by atoms with Crippen LogP contribution in [0.5, 0.6) is 17.2 Å². The van der Waals surface area contributed by atoms with Crippen molar-refractivity contribution in [2.24, 2.45) is 5.92 Å². The summed E-state index contributed by atoms with van der Waals surface area (Å²) in [4.78, 5) is 26.3. The van der Waals surface area contributed by atoms with Gasteiger partial charge in [-0.1, -0.05) is 18.2 Å². The van der Waals surface area contributed by atoms with Gasteiger partial charge >= 0.3 is 0 Å². The largest absolute Gasteiger partial charge is 0.492 e. The molecule has 1 atom stereocenters. The lowest BCUT2D eigenvalue weighted by Crippen LogP contribution is -2.35. The molecule has 140 valence electrons. The van der Waals surface area contributed by atoms with Crippen LogP contribution in [0.25, 0.3) is 0 Å². The van der Waals surface area contributed by atoms with Crippen molar-refractivity contribution in [3.8, 4) is 17.2 Å². The van der Waals surface area contributed by atoms with Gasteiger partial charge in [0, 0.05) is 24.7 Å². The molecule has 27 heavy (non-hydrogen) atoms. The highest BCUT2D eigenvalue weighted by Gasteiger charge is 2.35. The molecule has 0 saturated carbocycles. The second-order valence-electron chi connectivity index (χ2n) is 6.40. The van der Waals surface area contributed by atoms with Gasteiger partial charge < -0.3 is 24.4 Å². The third kappa shape index (κ3) is 3.81. The monoisotopic (exact) mass is 368 g/mol. The second-order valence-corrected chi connectivity index (χ2v) is 6.40. The third-order valence-corrected chi connectivity index (χ3v) is 4.58. The van der Waals surface area contributed by atoms with Crippen LogP contribution in [0, 0.1) is 5.92 Å². The maximum absolute atomic E-state index is 12.4. The molecule has 1 unspecified atom stereocenters. The van der Waals surface area contributed by atoms with E-state index in [1.54, 1.807) is 23.1 Å². The minimum Gasteiger partial charge on any atom is -0.492 e. The van der Waals surface area contributed by atoms with Crippen LogP contribution in [0.15, 0.2) is 48.5 Å². The number of carbonyl (C=O) groups is 2. The Morgan fingerprint density at radius 3 is 2.81 bits per heavy atom. The smallest absolute Gasteiger partial charge is 0.231 e. The van der Waals surface area contributed by atoms with Crippen LogP contribution in [-0.2, 0) is 9.59 Å². The number of nitrogens with one attached hydrogen (secondary N) is 1. The minimum absolute atomic E-state index is 0.0745. The predicted molar refractivity (Wildman–Crippen MR) is 98.0 cm³/mol. The molecule has 1 saturated heterocycles. The Morgan fingerprint density at radius 2 is 1.96 bits per heavy atom. The second kappa shape index (κ2) is 7.57. The van der Waals surface area contributed by atoms with Crippen LogP contribution < -0.4 is 24.4 Å². The van der Waals surface area contributed by atoms with Crippen molar-refractivity contribution in [1.82, 2.24) is 5.32 Å². The summed E-state index contributed by atoms with van der Waals surface area (Å²) in [6.45, 7) is 1.30. The first-order valence-electron chi connectivity index (χ1n) is 8.86. The average Bonchev–Trinajstić information content (AvgIpc) is 3.31. The van der Waals surface area contributed by atoms with Crippen LogP contribution >= 0.6 is 0 Å². The molecule has 2 amide bonds. The summed E-state index contributed by atoms with van der Waals surface area (Å²) in [5.74, 6) is 1.46. The van der Waals surface area contributed by atoms with Gasteiger partial charge in [0.25, 0.3) is 0 Å². The maximum Gasteiger partial charge on any atom is 0.231 e. The van der Waals surface area contributed by atoms with Gasteiger partial charge in [0.05, 0.1) is 12.5 Å². The molecule has 2 aromatic rings. The standard InChI is InChI=1S/C20H20N2O5/c23-19-10-14(20(24)21-8-9-25-16-4-2-1-3-5-16)12-22(19)15-6-7-17-18(11-15)27-13-26-17/h1-7,11,14H,8-10,12-13H2,(H,21,24). The molecule has 2 aliphatic heterocycles. The Bertz CT molecular complexity index is 840. The summed E-state index contributed by atoms with van der Waals surface area (Å²) in [5, 5.41) is 2.84. The first-order valence-corrected chi connectivity index (χ1v) is 8.86. The molecule has 4 rings (SSSR count). The van der Waals surface area contributed by atoms with Crippen LogP contribution in [0.4, 0.5) is 5.69 Å². The molecule has 0 aliphatic carbocycles. The van der Waals surface area contributed by atoms with Crippen molar-refractivity contribution >= 4 is 17.5 Å². The van der Waals surface area contributed by atoms with Gasteiger partial charge in [0.1, 0.15) is 12.4 Å². The molecule has 0 spiro atoms. The zero-order valence-electron chi connectivity index (χ0n) is 14.7. The first kappa shape index (κ1) is 17.2. The SMILES string of the molecule is O=C(NCCOc1ccccc1)C1CC(=O)N(c2ccc3c(c2)OCO3)C1. The number of amides is 2. The quantitative estimate of drug-likeness (QED) is 0.789. The minimum atomic E-state index is -0.375. The summed E-state index contributed by atoms with van der Waals surface area (Å²) in [6, 6.07) is 14.8. The van der Waals surface area contributed by atoms with E-state index in [0.717, 1.165) is 5.75 Å². The number of ether oxygens (including phenoxy) is 3. The predicted octanol–water partition coefficient (Wildman–Crippen LogP) is 1.96. The fraction of sp³-hybridized carbons (Fsp3) is 0.300. The van der Waals surface area contributed by atoms with Gasteiger partial charge in [-0.25, -0.2) is 0 Å². The van der Waals surface area contributed by atoms with Crippen LogP contribution in [0.2, 0.25) is 0 Å². The van der Waals surface area contributed by atoms with Crippen molar-refractivity contribution in [2.75, 3.05) is 31.4 Å². The number of hydrogen-bond acceptors (Lipinski definition) is 5. The lowest BCUT2D eigenvalue weighted by Gasteiger charge is -2.17. The van der Waals surface area contributed by atoms with E-state index in [0.29, 0.717) is 36.9 Å². The van der Waals surface area contributed by atoms with Crippen molar-refractivity contribution in [1.29, 1.82) is 0 Å². The van der Waals surface area contributed by atoms with Crippen molar-refractivity contribution in [3.63, 3.8) is 0 Å². The Balaban J connectivity index is 1.29. The van der Waals surface area contributed by atoms with E-state index in [1.807, 2.05) is 30.3 Å². The molecule has 0 aromatic heterocycles. The molecule has 2 aliphatic rings. The molecule has 0 bridgehead atoms. The Labute approximate surface area is 156 Å². The molecule has 1 N–H and O–H groups in total. The molecule has 2 aromatic carbocycles. The highest BCUT2D eigenvalue weighted by molar-refractivity contribution is 6.00. The number of anilines is 1. The lowest BCUT2D eigenvalue weighted by molar-refractivity contribution is -0.126. The number of nitrogens with zero attached hydrogens (tertiary/aromatic N) is 1. The van der Waals surface area contributed by atoms with Crippen LogP contribution in [0.1, 0.15) is 6.42 Å². The van der Waals surface area contributed by atoms with Gasteiger partial charge in [0.15, 0.2) is 11.5 Å². The molecular formula is C20H20N2O5. The maximum atomic E-state index is 12.4. The highest BCUT2D eigenvalue weighted by Crippen LogP contribution is 2.37. The average molecular weight is 368 g/mol. The molecular weight excluding hydrogens is 348 g/mol. The van der Waals surface area contributed by atoms with Gasteiger partial charge in [-0.15, -0.1) is 0 Å². The molecule has 0 radical (unpaired) electrons. The summed E-state index contributed by atoms with van der Waals surface area (Å²) >= 11 is 0. The summed E-state index contributed by atoms with van der Waals surface area (Å²) in [5.41, 5.74) is 0.715. The normalized spacial score (nSPS) is 17.9. The van der Waals surface area contributed by atoms with E-state index in [9.17, 15) is 9.59 Å². The number of fused-ring (bicyclic) bond motifs is 1. The number of rotatable bonds is 6. The Kier molecular flexibility index (Phi) is 4.82. The molecule has 1 fully saturated rings. The molecule has 7 heteroatoms. The van der Waals surface area contributed by atoms with Gasteiger partial charge in [-0.05, 0) is 24.3 Å². The van der Waals surface area contributed by atoms with Gasteiger partial charge in [0.2, 0.25) is 18.6 Å². The van der Waals surface area contributed by atoms with Gasteiger partial charge in [-0.3, -0.25) is 9.59 Å². The number of hydrogen-bond donors (Lipinski definition) is 1. The van der Waals surface area contributed by atoms with E-state index in [1.165, 1.54) is 0 Å². The molecule has 7 nitrogen and oxygen atoms in total. The van der Waals surface area contributed by atoms with E-state index in [4.69, 9.17) is 14.2 Å². The Morgan fingerprint density at radius 1 is 1.15 bits per heavy atom. The van der Waals surface area contributed by atoms with Crippen molar-refractivity contribution in [3.05, 3.63) is 48.5 Å². The summed E-state index contributed by atoms with van der Waals surface area (Å²) < 4.78 is 16.2. The first-order chi connectivity index (χ1) is 13.2. The zero-order valence-corrected chi connectivity index (χ0v) is 14.7. The van der Waals surface area contributed by atoms with Crippen LogP contribution in [-0.4, -0.2) is 38.3 Å². The molecule has 2 heterocycles. The fourth-order valence-corrected chi connectivity index (χ4v) is 3.19. The van der Waals surface area contributed by atoms with Crippen molar-refractivity contribution in [2.45, 2.75) is 6.42 Å².